The number of hydrogen-bond donors (Lipinski definition) is 1. The molecule has 5 heteroatoms. The van der Waals surface area contributed by atoms with Crippen LogP contribution in [0.3, 0.4) is 0 Å². The predicted octanol–water partition coefficient (Wildman–Crippen LogP) is 2.39. The van der Waals surface area contributed by atoms with Crippen molar-refractivity contribution in [3.05, 3.63) is 45.1 Å². The SMILES string of the molecule is NCC(c1ncccn1)c1cc(Br)cs1. The molecule has 0 spiro atoms. The Morgan fingerprint density at radius 2 is 2.13 bits per heavy atom. The zero-order chi connectivity index (χ0) is 10.7. The van der Waals surface area contributed by atoms with Crippen LogP contribution in [0.1, 0.15) is 16.6 Å². The van der Waals surface area contributed by atoms with Crippen LogP contribution in [-0.4, -0.2) is 16.5 Å². The third kappa shape index (κ3) is 2.42. The highest BCUT2D eigenvalue weighted by Gasteiger charge is 2.16. The maximum atomic E-state index is 5.76. The lowest BCUT2D eigenvalue weighted by atomic mass is 10.1. The van der Waals surface area contributed by atoms with E-state index >= 15 is 0 Å². The lowest BCUT2D eigenvalue weighted by Gasteiger charge is -2.10. The molecule has 0 saturated carbocycles. The van der Waals surface area contributed by atoms with E-state index in [1.54, 1.807) is 29.8 Å². The van der Waals surface area contributed by atoms with E-state index in [4.69, 9.17) is 5.73 Å². The molecule has 2 aromatic heterocycles. The molecule has 0 aromatic carbocycles. The molecule has 0 fully saturated rings. The smallest absolute Gasteiger partial charge is 0.137 e. The van der Waals surface area contributed by atoms with Crippen LogP contribution in [0, 0.1) is 0 Å². The third-order valence-electron chi connectivity index (χ3n) is 2.06. The predicted molar refractivity (Wildman–Crippen MR) is 64.9 cm³/mol. The molecule has 2 N–H and O–H groups in total. The Bertz CT molecular complexity index is 429. The molecule has 0 aliphatic rings. The Morgan fingerprint density at radius 1 is 1.40 bits per heavy atom. The van der Waals surface area contributed by atoms with Crippen molar-refractivity contribution in [1.82, 2.24) is 9.97 Å². The van der Waals surface area contributed by atoms with Gasteiger partial charge in [-0.15, -0.1) is 11.3 Å². The first kappa shape index (κ1) is 10.7. The van der Waals surface area contributed by atoms with Crippen LogP contribution in [-0.2, 0) is 0 Å². The Kier molecular flexibility index (Phi) is 3.45. The van der Waals surface area contributed by atoms with E-state index in [9.17, 15) is 0 Å². The lowest BCUT2D eigenvalue weighted by molar-refractivity contribution is 0.762. The highest BCUT2D eigenvalue weighted by Crippen LogP contribution is 2.29. The summed E-state index contributed by atoms with van der Waals surface area (Å²) < 4.78 is 1.08. The minimum absolute atomic E-state index is 0.0995. The van der Waals surface area contributed by atoms with E-state index in [0.717, 1.165) is 10.3 Å². The van der Waals surface area contributed by atoms with Gasteiger partial charge in [0.1, 0.15) is 5.82 Å². The fourth-order valence-electron chi connectivity index (χ4n) is 1.35. The zero-order valence-corrected chi connectivity index (χ0v) is 10.3. The van der Waals surface area contributed by atoms with Crippen molar-refractivity contribution in [2.75, 3.05) is 6.54 Å². The third-order valence-corrected chi connectivity index (χ3v) is 3.87. The minimum atomic E-state index is 0.0995. The summed E-state index contributed by atoms with van der Waals surface area (Å²) in [6.45, 7) is 0.525. The Morgan fingerprint density at radius 3 is 2.67 bits per heavy atom. The van der Waals surface area contributed by atoms with Crippen LogP contribution in [0.5, 0.6) is 0 Å². The summed E-state index contributed by atoms with van der Waals surface area (Å²) in [7, 11) is 0. The molecule has 0 radical (unpaired) electrons. The van der Waals surface area contributed by atoms with Crippen LogP contribution in [0.2, 0.25) is 0 Å². The molecule has 2 aromatic rings. The molecule has 0 aliphatic carbocycles. The molecule has 0 aliphatic heterocycles. The Labute approximate surface area is 101 Å². The molecule has 3 nitrogen and oxygen atoms in total. The van der Waals surface area contributed by atoms with Crippen molar-refractivity contribution in [2.24, 2.45) is 5.73 Å². The fourth-order valence-corrected chi connectivity index (χ4v) is 2.91. The average Bonchev–Trinajstić information content (AvgIpc) is 2.68. The van der Waals surface area contributed by atoms with Gasteiger partial charge >= 0.3 is 0 Å². The van der Waals surface area contributed by atoms with Crippen LogP contribution in [0.15, 0.2) is 34.4 Å². The summed E-state index contributed by atoms with van der Waals surface area (Å²) in [5.74, 6) is 0.886. The first-order chi connectivity index (χ1) is 7.31. The normalized spacial score (nSPS) is 12.7. The van der Waals surface area contributed by atoms with E-state index in [1.807, 2.05) is 5.38 Å². The van der Waals surface area contributed by atoms with Crippen molar-refractivity contribution >= 4 is 27.3 Å². The largest absolute Gasteiger partial charge is 0.329 e. The van der Waals surface area contributed by atoms with Gasteiger partial charge in [-0.2, -0.15) is 0 Å². The fraction of sp³-hybridized carbons (Fsp3) is 0.200. The summed E-state index contributed by atoms with van der Waals surface area (Å²) in [4.78, 5) is 9.66. The second kappa shape index (κ2) is 4.83. The summed E-state index contributed by atoms with van der Waals surface area (Å²) >= 11 is 5.10. The molecule has 2 rings (SSSR count). The lowest BCUT2D eigenvalue weighted by Crippen LogP contribution is -2.15. The van der Waals surface area contributed by atoms with Crippen molar-refractivity contribution in [3.8, 4) is 0 Å². The maximum Gasteiger partial charge on any atom is 0.137 e. The quantitative estimate of drug-likeness (QED) is 0.941. The summed E-state index contributed by atoms with van der Waals surface area (Å²) in [5, 5.41) is 2.04. The minimum Gasteiger partial charge on any atom is -0.329 e. The van der Waals surface area contributed by atoms with E-state index in [-0.39, 0.29) is 5.92 Å². The number of nitrogens with zero attached hydrogens (tertiary/aromatic N) is 2. The monoisotopic (exact) mass is 283 g/mol. The van der Waals surface area contributed by atoms with E-state index in [1.165, 1.54) is 4.88 Å². The van der Waals surface area contributed by atoms with Crippen molar-refractivity contribution in [3.63, 3.8) is 0 Å². The first-order valence-corrected chi connectivity index (χ1v) is 6.19. The highest BCUT2D eigenvalue weighted by atomic mass is 79.9. The molecule has 0 bridgehead atoms. The molecular weight excluding hydrogens is 274 g/mol. The van der Waals surface area contributed by atoms with Gasteiger partial charge in [0.05, 0.1) is 5.92 Å². The van der Waals surface area contributed by atoms with Crippen molar-refractivity contribution in [2.45, 2.75) is 5.92 Å². The number of rotatable bonds is 3. The van der Waals surface area contributed by atoms with Gasteiger partial charge in [0.25, 0.3) is 0 Å². The Balaban J connectivity index is 2.33. The average molecular weight is 284 g/mol. The molecule has 1 unspecified atom stereocenters. The summed E-state index contributed by atoms with van der Waals surface area (Å²) in [6, 6.07) is 3.87. The zero-order valence-electron chi connectivity index (χ0n) is 7.93. The number of hydrogen-bond acceptors (Lipinski definition) is 4. The van der Waals surface area contributed by atoms with E-state index < -0.39 is 0 Å². The van der Waals surface area contributed by atoms with Gasteiger partial charge in [0.2, 0.25) is 0 Å². The summed E-state index contributed by atoms with van der Waals surface area (Å²) in [6.07, 6.45) is 3.49. The van der Waals surface area contributed by atoms with Crippen LogP contribution in [0.4, 0.5) is 0 Å². The van der Waals surface area contributed by atoms with Gasteiger partial charge in [-0.1, -0.05) is 0 Å². The Hall–Kier alpha value is -0.780. The number of nitrogens with two attached hydrogens (primary N) is 1. The van der Waals surface area contributed by atoms with Crippen LogP contribution >= 0.6 is 27.3 Å². The molecule has 0 saturated heterocycles. The summed E-state index contributed by atoms with van der Waals surface area (Å²) in [5.41, 5.74) is 5.76. The van der Waals surface area contributed by atoms with E-state index in [0.29, 0.717) is 6.54 Å². The van der Waals surface area contributed by atoms with Crippen LogP contribution < -0.4 is 5.73 Å². The van der Waals surface area contributed by atoms with Crippen molar-refractivity contribution in [1.29, 1.82) is 0 Å². The van der Waals surface area contributed by atoms with Gasteiger partial charge in [0, 0.05) is 33.7 Å². The molecule has 78 valence electrons. The molecular formula is C10H10BrN3S. The van der Waals surface area contributed by atoms with E-state index in [2.05, 4.69) is 32.0 Å². The van der Waals surface area contributed by atoms with Gasteiger partial charge < -0.3 is 5.73 Å². The molecule has 0 amide bonds. The first-order valence-electron chi connectivity index (χ1n) is 4.52. The molecule has 1 atom stereocenters. The van der Waals surface area contributed by atoms with Crippen LogP contribution in [0.25, 0.3) is 0 Å². The standard InChI is InChI=1S/C10H10BrN3S/c11-7-4-9(15-6-7)8(5-12)10-13-2-1-3-14-10/h1-4,6,8H,5,12H2. The number of aromatic nitrogens is 2. The van der Waals surface area contributed by atoms with Gasteiger partial charge in [-0.3, -0.25) is 0 Å². The number of thiophene rings is 1. The second-order valence-corrected chi connectivity index (χ2v) is 4.92. The van der Waals surface area contributed by atoms with Gasteiger partial charge in [-0.05, 0) is 28.1 Å². The molecule has 2 heterocycles. The van der Waals surface area contributed by atoms with Gasteiger partial charge in [-0.25, -0.2) is 9.97 Å². The molecule has 15 heavy (non-hydrogen) atoms. The second-order valence-electron chi connectivity index (χ2n) is 3.06. The van der Waals surface area contributed by atoms with Crippen molar-refractivity contribution < 1.29 is 0 Å². The topological polar surface area (TPSA) is 51.8 Å². The van der Waals surface area contributed by atoms with Gasteiger partial charge in [0.15, 0.2) is 0 Å². The highest BCUT2D eigenvalue weighted by molar-refractivity contribution is 9.10. The number of halogens is 1. The maximum absolute atomic E-state index is 5.76.